The molecule has 1 amide bonds. The highest BCUT2D eigenvalue weighted by Crippen LogP contribution is 2.29. The third kappa shape index (κ3) is 4.87. The summed E-state index contributed by atoms with van der Waals surface area (Å²) in [5, 5.41) is 5.71. The standard InChI is InChI=1S/C29H28ClN3O/c1-5-20-12-14-21(15-13-20)27-17-24(22-8-7-9-25(30)28(22)31-27)29(34)33-32-26(6-2)23-16-18(3)10-11-19(23)4/h7-17H,5-6H2,1-4H3,(H,33,34)/b32-26+. The number of halogens is 1. The topological polar surface area (TPSA) is 54.4 Å². The highest BCUT2D eigenvalue weighted by atomic mass is 35.5. The van der Waals surface area contributed by atoms with Crippen molar-refractivity contribution in [2.45, 2.75) is 40.5 Å². The zero-order chi connectivity index (χ0) is 24.2. The largest absolute Gasteiger partial charge is 0.272 e. The van der Waals surface area contributed by atoms with Crippen LogP contribution in [0.1, 0.15) is 52.9 Å². The predicted molar refractivity (Wildman–Crippen MR) is 142 cm³/mol. The first-order chi connectivity index (χ1) is 16.4. The maximum Gasteiger partial charge on any atom is 0.272 e. The third-order valence-corrected chi connectivity index (χ3v) is 6.33. The summed E-state index contributed by atoms with van der Waals surface area (Å²) in [5.41, 5.74) is 10.9. The van der Waals surface area contributed by atoms with Crippen molar-refractivity contribution in [3.8, 4) is 11.3 Å². The van der Waals surface area contributed by atoms with E-state index in [1.165, 1.54) is 5.56 Å². The monoisotopic (exact) mass is 469 g/mol. The second-order valence-corrected chi connectivity index (χ2v) is 8.82. The number of nitrogens with one attached hydrogen (secondary N) is 1. The fourth-order valence-corrected chi connectivity index (χ4v) is 4.23. The first-order valence-electron chi connectivity index (χ1n) is 11.5. The molecular formula is C29H28ClN3O. The number of hydrogen-bond donors (Lipinski definition) is 1. The predicted octanol–water partition coefficient (Wildman–Crippen LogP) is 7.28. The number of amides is 1. The molecule has 0 unspecified atom stereocenters. The van der Waals surface area contributed by atoms with Crippen LogP contribution in [0.3, 0.4) is 0 Å². The Kier molecular flexibility index (Phi) is 7.09. The van der Waals surface area contributed by atoms with Gasteiger partial charge in [-0.1, -0.05) is 79.5 Å². The molecule has 3 aromatic carbocycles. The molecule has 0 saturated heterocycles. The minimum atomic E-state index is -0.294. The molecule has 0 aliphatic carbocycles. The first kappa shape index (κ1) is 23.7. The average Bonchev–Trinajstić information content (AvgIpc) is 2.86. The van der Waals surface area contributed by atoms with Crippen molar-refractivity contribution in [2.75, 3.05) is 0 Å². The van der Waals surface area contributed by atoms with Gasteiger partial charge in [0.05, 0.1) is 27.5 Å². The van der Waals surface area contributed by atoms with Crippen LogP contribution in [0.5, 0.6) is 0 Å². The van der Waals surface area contributed by atoms with E-state index in [0.29, 0.717) is 33.6 Å². The Balaban J connectivity index is 1.76. The molecule has 34 heavy (non-hydrogen) atoms. The van der Waals surface area contributed by atoms with Crippen molar-refractivity contribution < 1.29 is 4.79 Å². The summed E-state index contributed by atoms with van der Waals surface area (Å²) < 4.78 is 0. The molecule has 0 fully saturated rings. The van der Waals surface area contributed by atoms with E-state index in [2.05, 4.69) is 61.6 Å². The molecule has 172 valence electrons. The minimum Gasteiger partial charge on any atom is -0.267 e. The van der Waals surface area contributed by atoms with E-state index >= 15 is 0 Å². The van der Waals surface area contributed by atoms with Gasteiger partial charge in [0.15, 0.2) is 0 Å². The number of hydrazone groups is 1. The smallest absolute Gasteiger partial charge is 0.267 e. The second kappa shape index (κ2) is 10.2. The van der Waals surface area contributed by atoms with Crippen LogP contribution >= 0.6 is 11.6 Å². The maximum absolute atomic E-state index is 13.4. The van der Waals surface area contributed by atoms with Crippen molar-refractivity contribution in [3.63, 3.8) is 0 Å². The van der Waals surface area contributed by atoms with E-state index in [0.717, 1.165) is 34.4 Å². The summed E-state index contributed by atoms with van der Waals surface area (Å²) in [5.74, 6) is -0.294. The van der Waals surface area contributed by atoms with Gasteiger partial charge in [-0.25, -0.2) is 10.4 Å². The van der Waals surface area contributed by atoms with E-state index in [-0.39, 0.29) is 5.91 Å². The van der Waals surface area contributed by atoms with Gasteiger partial charge in [-0.3, -0.25) is 4.79 Å². The zero-order valence-electron chi connectivity index (χ0n) is 19.9. The van der Waals surface area contributed by atoms with Crippen molar-refractivity contribution in [1.82, 2.24) is 10.4 Å². The highest BCUT2D eigenvalue weighted by Gasteiger charge is 2.16. The Morgan fingerprint density at radius 2 is 1.74 bits per heavy atom. The molecule has 5 heteroatoms. The van der Waals surface area contributed by atoms with Crippen molar-refractivity contribution in [2.24, 2.45) is 5.10 Å². The van der Waals surface area contributed by atoms with Crippen LogP contribution in [0.25, 0.3) is 22.2 Å². The zero-order valence-corrected chi connectivity index (χ0v) is 20.7. The fraction of sp³-hybridized carbons (Fsp3) is 0.207. The Bertz CT molecular complexity index is 1390. The van der Waals surface area contributed by atoms with Crippen LogP contribution in [-0.2, 0) is 6.42 Å². The van der Waals surface area contributed by atoms with Crippen LogP contribution in [0, 0.1) is 13.8 Å². The Morgan fingerprint density at radius 1 is 0.971 bits per heavy atom. The lowest BCUT2D eigenvalue weighted by atomic mass is 10.00. The Morgan fingerprint density at radius 3 is 2.44 bits per heavy atom. The number of carbonyl (C=O) groups is 1. The summed E-state index contributed by atoms with van der Waals surface area (Å²) in [6, 6.07) is 21.8. The van der Waals surface area contributed by atoms with E-state index in [4.69, 9.17) is 16.6 Å². The molecule has 4 nitrogen and oxygen atoms in total. The number of pyridine rings is 1. The molecule has 1 N–H and O–H groups in total. The van der Waals surface area contributed by atoms with Crippen molar-refractivity contribution in [3.05, 3.63) is 99.6 Å². The van der Waals surface area contributed by atoms with Crippen molar-refractivity contribution >= 4 is 34.1 Å². The number of rotatable bonds is 6. The number of benzene rings is 3. The number of para-hydroxylation sites is 1. The number of carbonyl (C=O) groups excluding carboxylic acids is 1. The average molecular weight is 470 g/mol. The molecule has 0 saturated carbocycles. The van der Waals surface area contributed by atoms with Gasteiger partial charge in [0, 0.05) is 16.5 Å². The summed E-state index contributed by atoms with van der Waals surface area (Å²) >= 11 is 6.48. The second-order valence-electron chi connectivity index (χ2n) is 8.41. The van der Waals surface area contributed by atoms with Crippen molar-refractivity contribution in [1.29, 1.82) is 0 Å². The van der Waals surface area contributed by atoms with Crippen LogP contribution in [-0.4, -0.2) is 16.6 Å². The number of nitrogens with zero attached hydrogens (tertiary/aromatic N) is 2. The molecule has 0 radical (unpaired) electrons. The Labute approximate surface area is 205 Å². The molecule has 0 atom stereocenters. The number of hydrogen-bond acceptors (Lipinski definition) is 3. The van der Waals surface area contributed by atoms with Gasteiger partial charge in [-0.2, -0.15) is 5.10 Å². The van der Waals surface area contributed by atoms with Crippen LogP contribution in [0.15, 0.2) is 71.8 Å². The Hall–Kier alpha value is -3.50. The summed E-state index contributed by atoms with van der Waals surface area (Å²) in [7, 11) is 0. The van der Waals surface area contributed by atoms with Crippen LogP contribution in [0.2, 0.25) is 5.02 Å². The molecular weight excluding hydrogens is 442 g/mol. The molecule has 0 bridgehead atoms. The van der Waals surface area contributed by atoms with Gasteiger partial charge in [-0.05, 0) is 56.0 Å². The highest BCUT2D eigenvalue weighted by molar-refractivity contribution is 6.35. The summed E-state index contributed by atoms with van der Waals surface area (Å²) in [6.45, 7) is 8.26. The lowest BCUT2D eigenvalue weighted by molar-refractivity contribution is 0.0956. The molecule has 4 aromatic rings. The van der Waals surface area contributed by atoms with E-state index in [9.17, 15) is 4.79 Å². The number of aromatic nitrogens is 1. The van der Waals surface area contributed by atoms with Crippen LogP contribution < -0.4 is 5.43 Å². The number of fused-ring (bicyclic) bond motifs is 1. The van der Waals surface area contributed by atoms with Gasteiger partial charge in [-0.15, -0.1) is 0 Å². The van der Waals surface area contributed by atoms with Gasteiger partial charge >= 0.3 is 0 Å². The van der Waals surface area contributed by atoms with Gasteiger partial charge in [0.25, 0.3) is 5.91 Å². The van der Waals surface area contributed by atoms with E-state index in [1.54, 1.807) is 6.07 Å². The first-order valence-corrected chi connectivity index (χ1v) is 11.9. The van der Waals surface area contributed by atoms with Gasteiger partial charge in [0.2, 0.25) is 0 Å². The fourth-order valence-electron chi connectivity index (χ4n) is 4.02. The molecule has 1 aromatic heterocycles. The maximum atomic E-state index is 13.4. The lowest BCUT2D eigenvalue weighted by Gasteiger charge is -2.12. The van der Waals surface area contributed by atoms with E-state index < -0.39 is 0 Å². The molecule has 0 aliphatic heterocycles. The minimum absolute atomic E-state index is 0.294. The molecule has 4 rings (SSSR count). The van der Waals surface area contributed by atoms with Crippen LogP contribution in [0.4, 0.5) is 0 Å². The third-order valence-electron chi connectivity index (χ3n) is 6.02. The lowest BCUT2D eigenvalue weighted by Crippen LogP contribution is -2.21. The van der Waals surface area contributed by atoms with E-state index in [1.807, 2.05) is 37.3 Å². The number of aryl methyl sites for hydroxylation is 3. The summed E-state index contributed by atoms with van der Waals surface area (Å²) in [6.07, 6.45) is 1.66. The molecule has 0 aliphatic rings. The van der Waals surface area contributed by atoms with Gasteiger partial charge < -0.3 is 0 Å². The SMILES string of the molecule is CC/C(=N\NC(=O)c1cc(-c2ccc(CC)cc2)nc2c(Cl)cccc12)c1cc(C)ccc1C. The summed E-state index contributed by atoms with van der Waals surface area (Å²) in [4.78, 5) is 18.1. The normalized spacial score (nSPS) is 11.6. The quantitative estimate of drug-likeness (QED) is 0.238. The molecule has 0 spiro atoms. The van der Waals surface area contributed by atoms with Gasteiger partial charge in [0.1, 0.15) is 0 Å². The molecule has 1 heterocycles.